The van der Waals surface area contributed by atoms with Gasteiger partial charge in [0.15, 0.2) is 0 Å². The van der Waals surface area contributed by atoms with Gasteiger partial charge in [-0.3, -0.25) is 4.79 Å². The lowest BCUT2D eigenvalue weighted by atomic mass is 9.98. The van der Waals surface area contributed by atoms with Gasteiger partial charge < -0.3 is 20.6 Å². The minimum atomic E-state index is -0.149. The van der Waals surface area contributed by atoms with Gasteiger partial charge in [-0.25, -0.2) is 0 Å². The normalized spacial score (nSPS) is 19.2. The second-order valence-electron chi connectivity index (χ2n) is 5.71. The molecule has 1 aromatic rings. The zero-order valence-corrected chi connectivity index (χ0v) is 12.6. The van der Waals surface area contributed by atoms with Crippen LogP contribution < -0.4 is 10.6 Å². The molecule has 1 unspecified atom stereocenters. The second kappa shape index (κ2) is 8.00. The molecule has 3 N–H and O–H groups in total. The Labute approximate surface area is 126 Å². The maximum Gasteiger partial charge on any atom is 0.251 e. The van der Waals surface area contributed by atoms with Gasteiger partial charge in [-0.1, -0.05) is 0 Å². The van der Waals surface area contributed by atoms with E-state index in [0.717, 1.165) is 18.8 Å². The molecule has 1 aliphatic heterocycles. The predicted octanol–water partition coefficient (Wildman–Crippen LogP) is 1.16. The van der Waals surface area contributed by atoms with Crippen molar-refractivity contribution in [2.24, 2.45) is 5.92 Å². The van der Waals surface area contributed by atoms with Crippen LogP contribution in [-0.4, -0.2) is 55.7 Å². The molecule has 1 aromatic carbocycles. The molecule has 21 heavy (non-hydrogen) atoms. The summed E-state index contributed by atoms with van der Waals surface area (Å²) in [5.74, 6) is 0.542. The number of carbonyl (C=O) groups is 1. The van der Waals surface area contributed by atoms with Crippen LogP contribution in [0.1, 0.15) is 23.2 Å². The molecule has 1 aliphatic rings. The average molecular weight is 291 g/mol. The third-order valence-electron chi connectivity index (χ3n) is 3.86. The van der Waals surface area contributed by atoms with Crippen molar-refractivity contribution in [3.63, 3.8) is 0 Å². The summed E-state index contributed by atoms with van der Waals surface area (Å²) >= 11 is 0. The fourth-order valence-electron chi connectivity index (χ4n) is 2.71. The quantitative estimate of drug-likeness (QED) is 0.736. The molecule has 116 valence electrons. The molecule has 2 rings (SSSR count). The number of aliphatic hydroxyl groups is 1. The highest BCUT2D eigenvalue weighted by molar-refractivity contribution is 5.94. The predicted molar refractivity (Wildman–Crippen MR) is 84.6 cm³/mol. The van der Waals surface area contributed by atoms with Crippen molar-refractivity contribution in [1.82, 2.24) is 10.2 Å². The Morgan fingerprint density at radius 3 is 2.81 bits per heavy atom. The van der Waals surface area contributed by atoms with E-state index >= 15 is 0 Å². The fraction of sp³-hybridized carbons (Fsp3) is 0.562. The number of nitrogens with one attached hydrogen (secondary N) is 2. The lowest BCUT2D eigenvalue weighted by molar-refractivity contribution is 0.0945. The first kappa shape index (κ1) is 15.8. The van der Waals surface area contributed by atoms with Gasteiger partial charge in [0.05, 0.1) is 6.61 Å². The standard InChI is InChI=1S/C16H25N3O2/c1-19-9-2-3-13(12-19)11-18-15-6-4-14(5-7-15)16(21)17-8-10-20/h4-7,13,18,20H,2-3,8-12H2,1H3,(H,17,21). The first-order valence-corrected chi connectivity index (χ1v) is 7.60. The van der Waals surface area contributed by atoms with E-state index < -0.39 is 0 Å². The van der Waals surface area contributed by atoms with Crippen LogP contribution in [0.15, 0.2) is 24.3 Å². The van der Waals surface area contributed by atoms with Crippen LogP contribution in [0, 0.1) is 5.92 Å². The molecule has 1 amide bonds. The van der Waals surface area contributed by atoms with E-state index in [1.807, 2.05) is 24.3 Å². The Morgan fingerprint density at radius 2 is 2.14 bits per heavy atom. The minimum absolute atomic E-state index is 0.0405. The number of rotatable bonds is 6. The average Bonchev–Trinajstić information content (AvgIpc) is 2.51. The Kier molecular flexibility index (Phi) is 6.02. The summed E-state index contributed by atoms with van der Waals surface area (Å²) in [5, 5.41) is 14.8. The summed E-state index contributed by atoms with van der Waals surface area (Å²) in [7, 11) is 2.17. The fourth-order valence-corrected chi connectivity index (χ4v) is 2.71. The zero-order valence-electron chi connectivity index (χ0n) is 12.6. The van der Waals surface area contributed by atoms with Crippen LogP contribution in [-0.2, 0) is 0 Å². The van der Waals surface area contributed by atoms with Crippen molar-refractivity contribution in [2.45, 2.75) is 12.8 Å². The Balaban J connectivity index is 1.80. The van der Waals surface area contributed by atoms with Gasteiger partial charge in [0.1, 0.15) is 0 Å². The van der Waals surface area contributed by atoms with Gasteiger partial charge >= 0.3 is 0 Å². The number of nitrogens with zero attached hydrogens (tertiary/aromatic N) is 1. The Hall–Kier alpha value is -1.59. The maximum atomic E-state index is 11.7. The third-order valence-corrected chi connectivity index (χ3v) is 3.86. The van der Waals surface area contributed by atoms with Crippen LogP contribution in [0.5, 0.6) is 0 Å². The number of amides is 1. The molecule has 0 spiro atoms. The summed E-state index contributed by atoms with van der Waals surface area (Å²) < 4.78 is 0. The monoisotopic (exact) mass is 291 g/mol. The number of piperidine rings is 1. The minimum Gasteiger partial charge on any atom is -0.395 e. The molecule has 1 fully saturated rings. The highest BCUT2D eigenvalue weighted by Crippen LogP contribution is 2.16. The lowest BCUT2D eigenvalue weighted by Crippen LogP contribution is -2.35. The Morgan fingerprint density at radius 1 is 1.38 bits per heavy atom. The molecule has 5 nitrogen and oxygen atoms in total. The smallest absolute Gasteiger partial charge is 0.251 e. The molecule has 0 aliphatic carbocycles. The SMILES string of the molecule is CN1CCCC(CNc2ccc(C(=O)NCCO)cc2)C1. The van der Waals surface area contributed by atoms with Gasteiger partial charge in [0.2, 0.25) is 0 Å². The molecule has 0 saturated carbocycles. The molecule has 0 bridgehead atoms. The summed E-state index contributed by atoms with van der Waals surface area (Å²) in [4.78, 5) is 14.1. The van der Waals surface area contributed by atoms with Gasteiger partial charge in [0.25, 0.3) is 5.91 Å². The topological polar surface area (TPSA) is 64.6 Å². The van der Waals surface area contributed by atoms with Crippen molar-refractivity contribution in [3.05, 3.63) is 29.8 Å². The Bertz CT molecular complexity index is 447. The highest BCUT2D eigenvalue weighted by atomic mass is 16.3. The van der Waals surface area contributed by atoms with Crippen molar-refractivity contribution in [2.75, 3.05) is 45.2 Å². The van der Waals surface area contributed by atoms with Crippen molar-refractivity contribution in [1.29, 1.82) is 0 Å². The van der Waals surface area contributed by atoms with Crippen LogP contribution >= 0.6 is 0 Å². The first-order valence-electron chi connectivity index (χ1n) is 7.60. The number of hydrogen-bond acceptors (Lipinski definition) is 4. The van der Waals surface area contributed by atoms with Gasteiger partial charge in [-0.15, -0.1) is 0 Å². The van der Waals surface area contributed by atoms with Gasteiger partial charge in [-0.2, -0.15) is 0 Å². The van der Waals surface area contributed by atoms with E-state index in [2.05, 4.69) is 22.6 Å². The molecular weight excluding hydrogens is 266 g/mol. The third kappa shape index (κ3) is 5.02. The molecule has 1 saturated heterocycles. The van der Waals surface area contributed by atoms with Crippen molar-refractivity contribution < 1.29 is 9.90 Å². The van der Waals surface area contributed by atoms with Crippen LogP contribution in [0.4, 0.5) is 5.69 Å². The first-order chi connectivity index (χ1) is 10.2. The maximum absolute atomic E-state index is 11.7. The van der Waals surface area contributed by atoms with Crippen LogP contribution in [0.25, 0.3) is 0 Å². The number of likely N-dealkylation sites (tertiary alicyclic amines) is 1. The molecule has 1 atom stereocenters. The van der Waals surface area contributed by atoms with Crippen LogP contribution in [0.3, 0.4) is 0 Å². The second-order valence-corrected chi connectivity index (χ2v) is 5.71. The molecule has 5 heteroatoms. The zero-order chi connectivity index (χ0) is 15.1. The molecular formula is C16H25N3O2. The van der Waals surface area contributed by atoms with Crippen molar-refractivity contribution in [3.8, 4) is 0 Å². The van der Waals surface area contributed by atoms with E-state index in [-0.39, 0.29) is 19.1 Å². The number of anilines is 1. The highest BCUT2D eigenvalue weighted by Gasteiger charge is 2.16. The van der Waals surface area contributed by atoms with E-state index in [4.69, 9.17) is 5.11 Å². The number of carbonyl (C=O) groups excluding carboxylic acids is 1. The van der Waals surface area contributed by atoms with Gasteiger partial charge in [0, 0.05) is 30.9 Å². The molecule has 0 radical (unpaired) electrons. The van der Waals surface area contributed by atoms with Gasteiger partial charge in [-0.05, 0) is 56.6 Å². The molecule has 1 heterocycles. The summed E-state index contributed by atoms with van der Waals surface area (Å²) in [6.45, 7) is 3.57. The summed E-state index contributed by atoms with van der Waals surface area (Å²) in [6.07, 6.45) is 2.55. The van der Waals surface area contributed by atoms with E-state index in [1.165, 1.54) is 19.4 Å². The van der Waals surface area contributed by atoms with E-state index in [1.54, 1.807) is 0 Å². The number of aliphatic hydroxyl groups excluding tert-OH is 1. The summed E-state index contributed by atoms with van der Waals surface area (Å²) in [6, 6.07) is 7.48. The number of hydrogen-bond donors (Lipinski definition) is 3. The summed E-state index contributed by atoms with van der Waals surface area (Å²) in [5.41, 5.74) is 1.66. The largest absolute Gasteiger partial charge is 0.395 e. The lowest BCUT2D eigenvalue weighted by Gasteiger charge is -2.29. The van der Waals surface area contributed by atoms with Crippen molar-refractivity contribution >= 4 is 11.6 Å². The molecule has 0 aromatic heterocycles. The van der Waals surface area contributed by atoms with E-state index in [9.17, 15) is 4.79 Å². The van der Waals surface area contributed by atoms with Crippen LogP contribution in [0.2, 0.25) is 0 Å². The number of benzene rings is 1. The van der Waals surface area contributed by atoms with E-state index in [0.29, 0.717) is 11.5 Å².